The summed E-state index contributed by atoms with van der Waals surface area (Å²) in [5.74, 6) is -4.80. The van der Waals surface area contributed by atoms with Gasteiger partial charge in [0.05, 0.1) is 9.85 Å². The first-order valence-electron chi connectivity index (χ1n) is 11.4. The lowest BCUT2D eigenvalue weighted by Gasteiger charge is -2.42. The average Bonchev–Trinajstić information content (AvgIpc) is 2.94. The number of nitrogens with zero attached hydrogens (tertiary/aromatic N) is 4. The van der Waals surface area contributed by atoms with Crippen LogP contribution in [0.1, 0.15) is 39.6 Å². The van der Waals surface area contributed by atoms with Crippen LogP contribution in [0.25, 0.3) is 0 Å². The van der Waals surface area contributed by atoms with E-state index in [1.165, 1.54) is 31.2 Å². The largest absolute Gasteiger partial charge is 0.347 e. The molecule has 1 fully saturated rings. The first kappa shape index (κ1) is 26.5. The quantitative estimate of drug-likeness (QED) is 0.199. The highest BCUT2D eigenvalue weighted by Gasteiger charge is 2.60. The zero-order valence-electron chi connectivity index (χ0n) is 20.2. The predicted octanol–water partition coefficient (Wildman–Crippen LogP) is 3.62. The SMILES string of the molecule is CCC1(c2ccccc2)C(=O)N(C(=O)c2ccc([N+](=O)[O-])cc2)C(=O)N(C(=O)c2ccc([N+](=O)[O-])cc2)C1=O. The van der Waals surface area contributed by atoms with E-state index in [-0.39, 0.29) is 44.3 Å². The Labute approximate surface area is 219 Å². The molecular weight excluding hydrogens is 512 g/mol. The van der Waals surface area contributed by atoms with Crippen LogP contribution >= 0.6 is 0 Å². The Morgan fingerprint density at radius 3 is 1.41 bits per heavy atom. The van der Waals surface area contributed by atoms with Crippen LogP contribution in [0.5, 0.6) is 0 Å². The number of carbonyl (C=O) groups is 5. The summed E-state index contributed by atoms with van der Waals surface area (Å²) in [4.78, 5) is 89.1. The van der Waals surface area contributed by atoms with Gasteiger partial charge in [-0.1, -0.05) is 37.3 Å². The second kappa shape index (κ2) is 10.0. The lowest BCUT2D eigenvalue weighted by molar-refractivity contribution is -0.385. The summed E-state index contributed by atoms with van der Waals surface area (Å²) in [5, 5.41) is 22.0. The summed E-state index contributed by atoms with van der Waals surface area (Å²) in [5.41, 5.74) is -3.28. The molecule has 0 bridgehead atoms. The smallest absolute Gasteiger partial charge is 0.272 e. The second-order valence-electron chi connectivity index (χ2n) is 8.41. The summed E-state index contributed by atoms with van der Waals surface area (Å²) in [6.45, 7) is 1.47. The van der Waals surface area contributed by atoms with Crippen molar-refractivity contribution in [2.75, 3.05) is 0 Å². The van der Waals surface area contributed by atoms with Gasteiger partial charge in [0.15, 0.2) is 5.41 Å². The number of amides is 6. The molecule has 0 N–H and O–H groups in total. The molecule has 39 heavy (non-hydrogen) atoms. The Balaban J connectivity index is 1.87. The highest BCUT2D eigenvalue weighted by molar-refractivity contribution is 6.35. The summed E-state index contributed by atoms with van der Waals surface area (Å²) in [7, 11) is 0. The molecule has 0 aromatic heterocycles. The molecule has 0 spiro atoms. The van der Waals surface area contributed by atoms with Gasteiger partial charge in [0, 0.05) is 35.4 Å². The number of nitro benzene ring substituents is 2. The number of benzene rings is 3. The van der Waals surface area contributed by atoms with E-state index >= 15 is 0 Å². The van der Waals surface area contributed by atoms with Crippen LogP contribution < -0.4 is 0 Å². The third kappa shape index (κ3) is 4.31. The number of nitro groups is 2. The molecule has 1 aliphatic rings. The van der Waals surface area contributed by atoms with Gasteiger partial charge in [-0.15, -0.1) is 0 Å². The van der Waals surface area contributed by atoms with Gasteiger partial charge in [-0.2, -0.15) is 9.80 Å². The number of imide groups is 6. The van der Waals surface area contributed by atoms with Gasteiger partial charge in [0.25, 0.3) is 35.0 Å². The molecule has 3 aromatic carbocycles. The van der Waals surface area contributed by atoms with E-state index in [9.17, 15) is 44.2 Å². The maximum Gasteiger partial charge on any atom is 0.347 e. The van der Waals surface area contributed by atoms with Crippen molar-refractivity contribution in [3.8, 4) is 0 Å². The maximum absolute atomic E-state index is 13.9. The molecule has 13 nitrogen and oxygen atoms in total. The van der Waals surface area contributed by atoms with E-state index in [2.05, 4.69) is 0 Å². The van der Waals surface area contributed by atoms with Gasteiger partial charge in [0.1, 0.15) is 0 Å². The van der Waals surface area contributed by atoms with E-state index in [0.717, 1.165) is 48.5 Å². The fraction of sp³-hybridized carbons (Fsp3) is 0.115. The van der Waals surface area contributed by atoms with E-state index in [1.807, 2.05) is 0 Å². The molecule has 13 heteroatoms. The van der Waals surface area contributed by atoms with Crippen LogP contribution in [0, 0.1) is 20.2 Å². The third-order valence-electron chi connectivity index (χ3n) is 6.37. The van der Waals surface area contributed by atoms with Crippen LogP contribution in [0.15, 0.2) is 78.9 Å². The van der Waals surface area contributed by atoms with E-state index < -0.39 is 44.9 Å². The van der Waals surface area contributed by atoms with E-state index in [4.69, 9.17) is 0 Å². The second-order valence-corrected chi connectivity index (χ2v) is 8.41. The van der Waals surface area contributed by atoms with Gasteiger partial charge in [-0.3, -0.25) is 39.4 Å². The summed E-state index contributed by atoms with van der Waals surface area (Å²) < 4.78 is 0. The van der Waals surface area contributed by atoms with Gasteiger partial charge in [0.2, 0.25) is 0 Å². The summed E-state index contributed by atoms with van der Waals surface area (Å²) in [6.07, 6.45) is -0.240. The molecule has 3 aromatic rings. The van der Waals surface area contributed by atoms with Crippen LogP contribution in [0.3, 0.4) is 0 Å². The standard InChI is InChI=1S/C26H18N4O9/c1-2-26(18-6-4-3-5-7-18)23(33)27(21(31)16-8-12-19(13-9-16)29(36)37)25(35)28(24(26)34)22(32)17-10-14-20(15-11-17)30(38)39/h3-15H,2H2,1H3. The molecule has 196 valence electrons. The van der Waals surface area contributed by atoms with Gasteiger partial charge >= 0.3 is 6.03 Å². The molecule has 0 aliphatic carbocycles. The van der Waals surface area contributed by atoms with Crippen LogP contribution in [0.2, 0.25) is 0 Å². The minimum atomic E-state index is -2.15. The third-order valence-corrected chi connectivity index (χ3v) is 6.37. The van der Waals surface area contributed by atoms with Crippen LogP contribution in [0.4, 0.5) is 16.2 Å². The average molecular weight is 530 g/mol. The van der Waals surface area contributed by atoms with E-state index in [0.29, 0.717) is 0 Å². The van der Waals surface area contributed by atoms with Crippen molar-refractivity contribution in [3.63, 3.8) is 0 Å². The highest BCUT2D eigenvalue weighted by atomic mass is 16.6. The summed E-state index contributed by atoms with van der Waals surface area (Å²) >= 11 is 0. The molecule has 1 heterocycles. The Morgan fingerprint density at radius 1 is 0.692 bits per heavy atom. The Hall–Kier alpha value is -5.59. The molecule has 0 radical (unpaired) electrons. The molecule has 0 unspecified atom stereocenters. The first-order valence-corrected chi connectivity index (χ1v) is 11.4. The van der Waals surface area contributed by atoms with E-state index in [1.54, 1.807) is 6.07 Å². The Kier molecular flexibility index (Phi) is 6.82. The molecule has 1 aliphatic heterocycles. The van der Waals surface area contributed by atoms with Crippen LogP contribution in [-0.4, -0.2) is 49.3 Å². The van der Waals surface area contributed by atoms with Crippen molar-refractivity contribution in [3.05, 3.63) is 116 Å². The maximum atomic E-state index is 13.9. The zero-order chi connectivity index (χ0) is 28.5. The minimum absolute atomic E-state index is 0.123. The van der Waals surface area contributed by atoms with Gasteiger partial charge in [-0.05, 0) is 36.2 Å². The van der Waals surface area contributed by atoms with Crippen molar-refractivity contribution in [1.82, 2.24) is 9.80 Å². The van der Waals surface area contributed by atoms with Crippen molar-refractivity contribution in [1.29, 1.82) is 0 Å². The number of urea groups is 1. The number of hydrogen-bond acceptors (Lipinski definition) is 9. The number of rotatable bonds is 6. The number of hydrogen-bond donors (Lipinski definition) is 0. The Bertz CT molecular complexity index is 1440. The molecule has 0 saturated carbocycles. The fourth-order valence-electron chi connectivity index (χ4n) is 4.29. The monoisotopic (exact) mass is 530 g/mol. The molecule has 4 rings (SSSR count). The number of carbonyl (C=O) groups excluding carboxylic acids is 5. The molecular formula is C26H18N4O9. The Morgan fingerprint density at radius 2 is 1.08 bits per heavy atom. The molecule has 1 saturated heterocycles. The predicted molar refractivity (Wildman–Crippen MR) is 132 cm³/mol. The first-order chi connectivity index (χ1) is 18.5. The van der Waals surface area contributed by atoms with Crippen molar-refractivity contribution in [2.45, 2.75) is 18.8 Å². The van der Waals surface area contributed by atoms with Crippen molar-refractivity contribution < 1.29 is 33.8 Å². The topological polar surface area (TPSA) is 178 Å². The number of non-ortho nitro benzene ring substituents is 2. The van der Waals surface area contributed by atoms with Crippen molar-refractivity contribution >= 4 is 41.0 Å². The molecule has 0 atom stereocenters. The van der Waals surface area contributed by atoms with Crippen LogP contribution in [-0.2, 0) is 15.0 Å². The highest BCUT2D eigenvalue weighted by Crippen LogP contribution is 2.38. The molecule has 6 amide bonds. The lowest BCUT2D eigenvalue weighted by atomic mass is 9.74. The lowest BCUT2D eigenvalue weighted by Crippen LogP contribution is -2.69. The summed E-state index contributed by atoms with van der Waals surface area (Å²) in [6, 6.07) is 14.2. The zero-order valence-corrected chi connectivity index (χ0v) is 20.2. The van der Waals surface area contributed by atoms with Crippen molar-refractivity contribution in [2.24, 2.45) is 0 Å². The number of barbiturate groups is 1. The normalized spacial score (nSPS) is 14.7. The minimum Gasteiger partial charge on any atom is -0.272 e. The van der Waals surface area contributed by atoms with Gasteiger partial charge in [-0.25, -0.2) is 4.79 Å². The fourth-order valence-corrected chi connectivity index (χ4v) is 4.29. The van der Waals surface area contributed by atoms with Gasteiger partial charge < -0.3 is 0 Å².